The van der Waals surface area contributed by atoms with E-state index in [-0.39, 0.29) is 35.6 Å². The van der Waals surface area contributed by atoms with Crippen LogP contribution in [0.15, 0.2) is 21.8 Å². The molecule has 0 bridgehead atoms. The number of sulfonamides is 1. The van der Waals surface area contributed by atoms with Crippen molar-refractivity contribution in [2.75, 3.05) is 20.2 Å². The first-order chi connectivity index (χ1) is 9.00. The van der Waals surface area contributed by atoms with Crippen LogP contribution in [0, 0.1) is 0 Å². The van der Waals surface area contributed by atoms with Crippen LogP contribution < -0.4 is 5.73 Å². The van der Waals surface area contributed by atoms with E-state index in [0.29, 0.717) is 6.54 Å². The molecule has 1 aliphatic heterocycles. The molecule has 0 saturated carbocycles. The molecule has 1 aromatic heterocycles. The van der Waals surface area contributed by atoms with Gasteiger partial charge in [0.25, 0.3) is 10.0 Å². The number of methoxy groups -OCH3 is 1. The van der Waals surface area contributed by atoms with Crippen LogP contribution >= 0.6 is 12.4 Å². The van der Waals surface area contributed by atoms with Gasteiger partial charge in [-0.1, -0.05) is 0 Å². The van der Waals surface area contributed by atoms with Crippen molar-refractivity contribution < 1.29 is 22.4 Å². The van der Waals surface area contributed by atoms with Gasteiger partial charge in [-0.25, -0.2) is 13.2 Å². The number of furan rings is 1. The van der Waals surface area contributed by atoms with E-state index in [0.717, 1.165) is 19.1 Å². The first-order valence-electron chi connectivity index (χ1n) is 5.89. The van der Waals surface area contributed by atoms with Crippen LogP contribution in [0.5, 0.6) is 0 Å². The fourth-order valence-corrected chi connectivity index (χ4v) is 3.78. The second-order valence-electron chi connectivity index (χ2n) is 4.29. The predicted octanol–water partition coefficient (Wildman–Crippen LogP) is 0.600. The number of hydrogen-bond acceptors (Lipinski definition) is 6. The zero-order valence-corrected chi connectivity index (χ0v) is 12.6. The van der Waals surface area contributed by atoms with Crippen molar-refractivity contribution in [2.45, 2.75) is 24.0 Å². The molecule has 0 amide bonds. The molecule has 1 aromatic rings. The molecule has 0 aromatic carbocycles. The van der Waals surface area contributed by atoms with Crippen molar-refractivity contribution in [3.8, 4) is 0 Å². The molecule has 2 heterocycles. The highest BCUT2D eigenvalue weighted by Crippen LogP contribution is 2.26. The minimum absolute atomic E-state index is 0. The van der Waals surface area contributed by atoms with E-state index in [1.807, 2.05) is 0 Å². The van der Waals surface area contributed by atoms with Crippen LogP contribution in [0.4, 0.5) is 0 Å². The van der Waals surface area contributed by atoms with Gasteiger partial charge < -0.3 is 14.9 Å². The van der Waals surface area contributed by atoms with Gasteiger partial charge in [0, 0.05) is 25.2 Å². The van der Waals surface area contributed by atoms with Crippen molar-refractivity contribution in [3.05, 3.63) is 17.9 Å². The van der Waals surface area contributed by atoms with Crippen LogP contribution in [0.2, 0.25) is 0 Å². The maximum atomic E-state index is 12.4. The molecule has 114 valence electrons. The number of ether oxygens (including phenoxy) is 1. The Morgan fingerprint density at radius 1 is 1.60 bits per heavy atom. The second kappa shape index (κ2) is 6.57. The van der Waals surface area contributed by atoms with E-state index in [4.69, 9.17) is 10.2 Å². The summed E-state index contributed by atoms with van der Waals surface area (Å²) < 4.78 is 35.5. The average Bonchev–Trinajstić information content (AvgIpc) is 3.06. The number of carbonyl (C=O) groups excluding carboxylic acids is 1. The third-order valence-electron chi connectivity index (χ3n) is 3.15. The summed E-state index contributed by atoms with van der Waals surface area (Å²) in [7, 11) is -2.53. The van der Waals surface area contributed by atoms with Gasteiger partial charge in [0.05, 0.1) is 12.7 Å². The largest absolute Gasteiger partial charge is 0.465 e. The highest BCUT2D eigenvalue weighted by atomic mass is 35.5. The summed E-state index contributed by atoms with van der Waals surface area (Å²) in [6, 6.07) is 0.962. The molecular weight excluding hydrogens is 308 g/mol. The lowest BCUT2D eigenvalue weighted by Crippen LogP contribution is -2.39. The number of halogens is 1. The summed E-state index contributed by atoms with van der Waals surface area (Å²) in [5, 5.41) is -0.256. The summed E-state index contributed by atoms with van der Waals surface area (Å²) in [5.74, 6) is -0.637. The smallest absolute Gasteiger partial charge is 0.341 e. The molecule has 0 aliphatic carbocycles. The monoisotopic (exact) mass is 324 g/mol. The quantitative estimate of drug-likeness (QED) is 0.813. The third-order valence-corrected chi connectivity index (χ3v) is 4.98. The third kappa shape index (κ3) is 2.98. The van der Waals surface area contributed by atoms with Crippen molar-refractivity contribution in [3.63, 3.8) is 0 Å². The van der Waals surface area contributed by atoms with E-state index in [1.54, 1.807) is 0 Å². The number of nitrogens with zero attached hydrogens (tertiary/aromatic N) is 1. The number of hydrogen-bond donors (Lipinski definition) is 1. The molecule has 7 nitrogen and oxygen atoms in total. The molecule has 1 fully saturated rings. The van der Waals surface area contributed by atoms with E-state index >= 15 is 0 Å². The highest BCUT2D eigenvalue weighted by molar-refractivity contribution is 7.89. The molecule has 1 unspecified atom stereocenters. The number of rotatable bonds is 4. The van der Waals surface area contributed by atoms with Crippen molar-refractivity contribution in [1.82, 2.24) is 4.31 Å². The van der Waals surface area contributed by atoms with E-state index in [9.17, 15) is 13.2 Å². The molecule has 2 N–H and O–H groups in total. The maximum Gasteiger partial charge on any atom is 0.341 e. The fourth-order valence-electron chi connectivity index (χ4n) is 2.15. The predicted molar refractivity (Wildman–Crippen MR) is 73.3 cm³/mol. The SMILES string of the molecule is COC(=O)c1coc(S(=O)(=O)N2CCCC2CN)c1.Cl. The molecule has 1 atom stereocenters. The lowest BCUT2D eigenvalue weighted by Gasteiger charge is -2.21. The van der Waals surface area contributed by atoms with E-state index < -0.39 is 16.0 Å². The summed E-state index contributed by atoms with van der Waals surface area (Å²) in [5.41, 5.74) is 5.64. The summed E-state index contributed by atoms with van der Waals surface area (Å²) in [4.78, 5) is 11.3. The normalized spacial score (nSPS) is 19.6. The van der Waals surface area contributed by atoms with Crippen LogP contribution in [0.3, 0.4) is 0 Å². The van der Waals surface area contributed by atoms with Gasteiger partial charge in [-0.3, -0.25) is 0 Å². The highest BCUT2D eigenvalue weighted by Gasteiger charge is 2.36. The Bertz CT molecular complexity index is 571. The molecule has 2 rings (SSSR count). The lowest BCUT2D eigenvalue weighted by atomic mass is 10.2. The van der Waals surface area contributed by atoms with Crippen LogP contribution in [0.1, 0.15) is 23.2 Å². The van der Waals surface area contributed by atoms with Gasteiger partial charge in [0.1, 0.15) is 6.26 Å². The van der Waals surface area contributed by atoms with Crippen LogP contribution in [-0.2, 0) is 14.8 Å². The van der Waals surface area contributed by atoms with Crippen molar-refractivity contribution in [1.29, 1.82) is 0 Å². The van der Waals surface area contributed by atoms with Gasteiger partial charge in [0.2, 0.25) is 5.09 Å². The second-order valence-corrected chi connectivity index (χ2v) is 6.12. The summed E-state index contributed by atoms with van der Waals surface area (Å²) in [6.07, 6.45) is 2.58. The Kier molecular flexibility index (Phi) is 5.58. The Morgan fingerprint density at radius 3 is 2.90 bits per heavy atom. The standard InChI is InChI=1S/C11H16N2O5S.ClH/c1-17-11(14)8-5-10(18-7-8)19(15,16)13-4-2-3-9(13)6-12;/h5,7,9H,2-4,6,12H2,1H3;1H. The molecule has 0 radical (unpaired) electrons. The minimum Gasteiger partial charge on any atom is -0.465 e. The van der Waals surface area contributed by atoms with Crippen LogP contribution in [0.25, 0.3) is 0 Å². The van der Waals surface area contributed by atoms with Gasteiger partial charge in [-0.15, -0.1) is 12.4 Å². The Labute approximate surface area is 123 Å². The zero-order valence-electron chi connectivity index (χ0n) is 10.9. The molecular formula is C11H17ClN2O5S. The minimum atomic E-state index is -3.74. The summed E-state index contributed by atoms with van der Waals surface area (Å²) in [6.45, 7) is 0.683. The molecule has 1 saturated heterocycles. The zero-order chi connectivity index (χ0) is 14.0. The average molecular weight is 325 g/mol. The van der Waals surface area contributed by atoms with E-state index in [1.165, 1.54) is 17.5 Å². The van der Waals surface area contributed by atoms with Crippen LogP contribution in [-0.4, -0.2) is 44.9 Å². The van der Waals surface area contributed by atoms with Gasteiger partial charge in [0.15, 0.2) is 0 Å². The topological polar surface area (TPSA) is 103 Å². The van der Waals surface area contributed by atoms with Gasteiger partial charge in [-0.2, -0.15) is 4.31 Å². The number of nitrogens with two attached hydrogens (primary N) is 1. The van der Waals surface area contributed by atoms with E-state index in [2.05, 4.69) is 4.74 Å². The molecule has 1 aliphatic rings. The van der Waals surface area contributed by atoms with Gasteiger partial charge >= 0.3 is 5.97 Å². The first-order valence-corrected chi connectivity index (χ1v) is 7.33. The lowest BCUT2D eigenvalue weighted by molar-refractivity contribution is 0.0600. The van der Waals surface area contributed by atoms with Crippen molar-refractivity contribution in [2.24, 2.45) is 5.73 Å². The maximum absolute atomic E-state index is 12.4. The van der Waals surface area contributed by atoms with Gasteiger partial charge in [-0.05, 0) is 12.8 Å². The number of carbonyl (C=O) groups is 1. The number of esters is 1. The fraction of sp³-hybridized carbons (Fsp3) is 0.545. The first kappa shape index (κ1) is 17.0. The Hall–Kier alpha value is -1.09. The summed E-state index contributed by atoms with van der Waals surface area (Å²) >= 11 is 0. The van der Waals surface area contributed by atoms with Crippen molar-refractivity contribution >= 4 is 28.4 Å². The molecule has 0 spiro atoms. The molecule has 20 heavy (non-hydrogen) atoms. The Balaban J connectivity index is 0.00000200. The molecule has 9 heteroatoms. The Morgan fingerprint density at radius 2 is 2.30 bits per heavy atom.